The van der Waals surface area contributed by atoms with Crippen molar-refractivity contribution in [2.75, 3.05) is 56.2 Å². The summed E-state index contributed by atoms with van der Waals surface area (Å²) < 4.78 is 5.29. The third-order valence-electron chi connectivity index (χ3n) is 2.71. The summed E-state index contributed by atoms with van der Waals surface area (Å²) in [5.74, 6) is 0.707. The second kappa shape index (κ2) is 6.31. The molecule has 0 aromatic carbocycles. The molecule has 0 bridgehead atoms. The van der Waals surface area contributed by atoms with Gasteiger partial charge in [-0.25, -0.2) is 0 Å². The topological polar surface area (TPSA) is 115 Å². The van der Waals surface area contributed by atoms with Gasteiger partial charge in [-0.3, -0.25) is 4.90 Å². The molecule has 1 aliphatic rings. The van der Waals surface area contributed by atoms with E-state index >= 15 is 0 Å². The van der Waals surface area contributed by atoms with Gasteiger partial charge in [-0.15, -0.1) is 0 Å². The summed E-state index contributed by atoms with van der Waals surface area (Å²) in [5.41, 5.74) is 11.0. The van der Waals surface area contributed by atoms with E-state index in [9.17, 15) is 0 Å². The number of hydrogen-bond donors (Lipinski definition) is 3. The Labute approximate surface area is 106 Å². The first-order valence-corrected chi connectivity index (χ1v) is 6.05. The predicted octanol–water partition coefficient (Wildman–Crippen LogP) is -0.830. The fourth-order valence-electron chi connectivity index (χ4n) is 1.82. The van der Waals surface area contributed by atoms with Gasteiger partial charge in [0.25, 0.3) is 0 Å². The Hall–Kier alpha value is -1.67. The highest BCUT2D eigenvalue weighted by Crippen LogP contribution is 2.04. The van der Waals surface area contributed by atoms with Crippen molar-refractivity contribution in [1.29, 1.82) is 0 Å². The zero-order valence-electron chi connectivity index (χ0n) is 10.3. The van der Waals surface area contributed by atoms with Crippen LogP contribution in [-0.4, -0.2) is 59.2 Å². The summed E-state index contributed by atoms with van der Waals surface area (Å²) in [5, 5.41) is 3.09. The molecule has 1 fully saturated rings. The van der Waals surface area contributed by atoms with E-state index in [4.69, 9.17) is 16.2 Å². The van der Waals surface area contributed by atoms with Crippen molar-refractivity contribution < 1.29 is 4.74 Å². The van der Waals surface area contributed by atoms with Crippen LogP contribution in [0.2, 0.25) is 0 Å². The highest BCUT2D eigenvalue weighted by Gasteiger charge is 2.09. The van der Waals surface area contributed by atoms with Crippen molar-refractivity contribution in [3.63, 3.8) is 0 Å². The molecule has 0 aliphatic carbocycles. The molecule has 1 aromatic heterocycles. The second-order valence-corrected chi connectivity index (χ2v) is 4.11. The molecule has 8 nitrogen and oxygen atoms in total. The van der Waals surface area contributed by atoms with Crippen LogP contribution in [0.1, 0.15) is 6.42 Å². The molecule has 100 valence electrons. The molecule has 1 saturated heterocycles. The van der Waals surface area contributed by atoms with Crippen LogP contribution in [0.5, 0.6) is 0 Å². The largest absolute Gasteiger partial charge is 0.379 e. The summed E-state index contributed by atoms with van der Waals surface area (Å²) >= 11 is 0. The van der Waals surface area contributed by atoms with Crippen molar-refractivity contribution in [1.82, 2.24) is 19.9 Å². The Kier molecular flexibility index (Phi) is 4.48. The molecule has 0 unspecified atom stereocenters. The molecular formula is C10H19N7O. The fraction of sp³-hybridized carbons (Fsp3) is 0.700. The number of rotatable bonds is 5. The van der Waals surface area contributed by atoms with E-state index in [1.807, 2.05) is 0 Å². The summed E-state index contributed by atoms with van der Waals surface area (Å²) in [6, 6.07) is 0. The van der Waals surface area contributed by atoms with Crippen LogP contribution < -0.4 is 16.8 Å². The molecule has 2 heterocycles. The van der Waals surface area contributed by atoms with Gasteiger partial charge >= 0.3 is 0 Å². The Bertz CT molecular complexity index is 360. The van der Waals surface area contributed by atoms with Crippen LogP contribution in [0, 0.1) is 0 Å². The van der Waals surface area contributed by atoms with E-state index in [0.717, 1.165) is 45.8 Å². The lowest BCUT2D eigenvalue weighted by Gasteiger charge is -2.26. The number of nitrogens with one attached hydrogen (secondary N) is 1. The summed E-state index contributed by atoms with van der Waals surface area (Å²) in [4.78, 5) is 14.0. The number of nitrogens with zero attached hydrogens (tertiary/aromatic N) is 4. The van der Waals surface area contributed by atoms with Crippen molar-refractivity contribution in [2.45, 2.75) is 6.42 Å². The van der Waals surface area contributed by atoms with Gasteiger partial charge in [0, 0.05) is 19.6 Å². The number of anilines is 3. The zero-order valence-corrected chi connectivity index (χ0v) is 10.3. The molecule has 18 heavy (non-hydrogen) atoms. The van der Waals surface area contributed by atoms with E-state index in [0.29, 0.717) is 5.95 Å². The first-order valence-electron chi connectivity index (χ1n) is 6.05. The smallest absolute Gasteiger partial charge is 0.229 e. The lowest BCUT2D eigenvalue weighted by atomic mass is 10.3. The van der Waals surface area contributed by atoms with Crippen molar-refractivity contribution in [3.8, 4) is 0 Å². The number of nitrogens with two attached hydrogens (primary N) is 2. The molecule has 1 aromatic rings. The van der Waals surface area contributed by atoms with Crippen LogP contribution in [-0.2, 0) is 4.74 Å². The quantitative estimate of drug-likeness (QED) is 0.582. The van der Waals surface area contributed by atoms with Crippen molar-refractivity contribution >= 4 is 17.8 Å². The first-order chi connectivity index (χ1) is 8.74. The molecule has 5 N–H and O–H groups in total. The molecule has 0 amide bonds. The monoisotopic (exact) mass is 253 g/mol. The van der Waals surface area contributed by atoms with Gasteiger partial charge < -0.3 is 21.5 Å². The van der Waals surface area contributed by atoms with E-state index in [2.05, 4.69) is 25.2 Å². The minimum atomic E-state index is 0.137. The third kappa shape index (κ3) is 3.97. The molecule has 8 heteroatoms. The Morgan fingerprint density at radius 2 is 1.78 bits per heavy atom. The van der Waals surface area contributed by atoms with E-state index in [-0.39, 0.29) is 11.9 Å². The van der Waals surface area contributed by atoms with Gasteiger partial charge in [0.15, 0.2) is 0 Å². The zero-order chi connectivity index (χ0) is 12.8. The number of aromatic nitrogens is 3. The minimum absolute atomic E-state index is 0.137. The lowest BCUT2D eigenvalue weighted by molar-refractivity contribution is 0.0378. The molecule has 1 aliphatic heterocycles. The highest BCUT2D eigenvalue weighted by atomic mass is 16.5. The number of morpholine rings is 1. The predicted molar refractivity (Wildman–Crippen MR) is 69.0 cm³/mol. The van der Waals surface area contributed by atoms with Crippen LogP contribution in [0.25, 0.3) is 0 Å². The van der Waals surface area contributed by atoms with Gasteiger partial charge in [-0.2, -0.15) is 15.0 Å². The SMILES string of the molecule is Nc1nc(N)nc(NCCCN2CCOCC2)n1. The Morgan fingerprint density at radius 1 is 1.11 bits per heavy atom. The molecule has 0 atom stereocenters. The van der Waals surface area contributed by atoms with Crippen molar-refractivity contribution in [2.24, 2.45) is 0 Å². The standard InChI is InChI=1S/C10H19N7O/c11-8-14-9(12)16-10(15-8)13-2-1-3-17-4-6-18-7-5-17/h1-7H2,(H5,11,12,13,14,15,16). The average Bonchev–Trinajstić information content (AvgIpc) is 2.35. The van der Waals surface area contributed by atoms with Gasteiger partial charge in [0.05, 0.1) is 13.2 Å². The number of hydrogen-bond acceptors (Lipinski definition) is 8. The number of nitrogen functional groups attached to an aromatic ring is 2. The van der Waals surface area contributed by atoms with Crippen LogP contribution in [0.4, 0.5) is 17.8 Å². The second-order valence-electron chi connectivity index (χ2n) is 4.11. The molecule has 2 rings (SSSR count). The van der Waals surface area contributed by atoms with Gasteiger partial charge in [0.1, 0.15) is 0 Å². The average molecular weight is 253 g/mol. The molecule has 0 radical (unpaired) electrons. The summed E-state index contributed by atoms with van der Waals surface area (Å²) in [7, 11) is 0. The Morgan fingerprint density at radius 3 is 2.44 bits per heavy atom. The maximum absolute atomic E-state index is 5.48. The molecule has 0 spiro atoms. The molecular weight excluding hydrogens is 234 g/mol. The Balaban J connectivity index is 1.68. The fourth-order valence-corrected chi connectivity index (χ4v) is 1.82. The highest BCUT2D eigenvalue weighted by molar-refractivity contribution is 5.36. The number of ether oxygens (including phenoxy) is 1. The minimum Gasteiger partial charge on any atom is -0.379 e. The lowest BCUT2D eigenvalue weighted by Crippen LogP contribution is -2.37. The van der Waals surface area contributed by atoms with Gasteiger partial charge in [-0.05, 0) is 13.0 Å². The molecule has 0 saturated carbocycles. The van der Waals surface area contributed by atoms with Gasteiger partial charge in [0.2, 0.25) is 17.8 Å². The first kappa shape index (κ1) is 12.8. The van der Waals surface area contributed by atoms with E-state index in [1.165, 1.54) is 0 Å². The normalized spacial score (nSPS) is 16.7. The maximum Gasteiger partial charge on any atom is 0.229 e. The van der Waals surface area contributed by atoms with Crippen molar-refractivity contribution in [3.05, 3.63) is 0 Å². The van der Waals surface area contributed by atoms with Crippen LogP contribution in [0.3, 0.4) is 0 Å². The van der Waals surface area contributed by atoms with Gasteiger partial charge in [-0.1, -0.05) is 0 Å². The summed E-state index contributed by atoms with van der Waals surface area (Å²) in [6.45, 7) is 5.48. The third-order valence-corrected chi connectivity index (χ3v) is 2.71. The van der Waals surface area contributed by atoms with Crippen LogP contribution >= 0.6 is 0 Å². The van der Waals surface area contributed by atoms with Crippen LogP contribution in [0.15, 0.2) is 0 Å². The maximum atomic E-state index is 5.48. The van der Waals surface area contributed by atoms with E-state index < -0.39 is 0 Å². The summed E-state index contributed by atoms with van der Waals surface area (Å²) in [6.07, 6.45) is 1.01. The van der Waals surface area contributed by atoms with E-state index in [1.54, 1.807) is 0 Å².